The summed E-state index contributed by atoms with van der Waals surface area (Å²) in [6, 6.07) is 0. The first kappa shape index (κ1) is 10.2. The maximum Gasteiger partial charge on any atom is 0.0627 e. The molecule has 2 aliphatic carbocycles. The molecule has 3 atom stereocenters. The van der Waals surface area contributed by atoms with Gasteiger partial charge in [0.25, 0.3) is 0 Å². The van der Waals surface area contributed by atoms with Gasteiger partial charge in [0.15, 0.2) is 0 Å². The summed E-state index contributed by atoms with van der Waals surface area (Å²) in [4.78, 5) is 0. The molecule has 1 nitrogen and oxygen atoms in total. The van der Waals surface area contributed by atoms with E-state index in [0.717, 1.165) is 25.2 Å². The van der Waals surface area contributed by atoms with Crippen LogP contribution in [-0.4, -0.2) is 10.7 Å². The predicted molar refractivity (Wildman–Crippen MR) is 59.1 cm³/mol. The van der Waals surface area contributed by atoms with Crippen LogP contribution in [0.3, 0.4) is 0 Å². The molecule has 0 saturated heterocycles. The van der Waals surface area contributed by atoms with Crippen LogP contribution in [0.15, 0.2) is 12.7 Å². The summed E-state index contributed by atoms with van der Waals surface area (Å²) in [5.74, 6) is 0.771. The van der Waals surface area contributed by atoms with Crippen LogP contribution in [-0.2, 0) is 0 Å². The predicted octanol–water partition coefficient (Wildman–Crippen LogP) is 3.28. The second kappa shape index (κ2) is 3.37. The Morgan fingerprint density at radius 1 is 1.50 bits per heavy atom. The molecule has 0 aromatic heterocycles. The number of aliphatic hydroxyl groups is 1. The van der Waals surface area contributed by atoms with Gasteiger partial charge in [-0.3, -0.25) is 0 Å². The van der Waals surface area contributed by atoms with Gasteiger partial charge in [0, 0.05) is 0 Å². The van der Waals surface area contributed by atoms with Gasteiger partial charge in [-0.15, -0.1) is 6.58 Å². The minimum absolute atomic E-state index is 0.395. The molecule has 2 saturated carbocycles. The van der Waals surface area contributed by atoms with E-state index in [0.29, 0.717) is 5.41 Å². The second-order valence-corrected chi connectivity index (χ2v) is 5.83. The number of allylic oxidation sites excluding steroid dienone is 1. The molecule has 2 bridgehead atoms. The smallest absolute Gasteiger partial charge is 0.0627 e. The van der Waals surface area contributed by atoms with Crippen molar-refractivity contribution in [1.29, 1.82) is 0 Å². The van der Waals surface area contributed by atoms with E-state index in [1.54, 1.807) is 0 Å². The lowest BCUT2D eigenvalue weighted by Crippen LogP contribution is -2.45. The lowest BCUT2D eigenvalue weighted by Gasteiger charge is -2.50. The van der Waals surface area contributed by atoms with Gasteiger partial charge in [0.2, 0.25) is 0 Å². The van der Waals surface area contributed by atoms with Crippen molar-refractivity contribution >= 4 is 0 Å². The highest BCUT2D eigenvalue weighted by atomic mass is 16.3. The quantitative estimate of drug-likeness (QED) is 0.669. The van der Waals surface area contributed by atoms with Crippen molar-refractivity contribution in [3.63, 3.8) is 0 Å². The normalized spacial score (nSPS) is 47.4. The third kappa shape index (κ3) is 1.88. The Kier molecular flexibility index (Phi) is 2.46. The van der Waals surface area contributed by atoms with Crippen molar-refractivity contribution in [3.8, 4) is 0 Å². The van der Waals surface area contributed by atoms with Crippen LogP contribution in [0.1, 0.15) is 51.9 Å². The zero-order valence-corrected chi connectivity index (χ0v) is 9.26. The molecule has 0 heterocycles. The Morgan fingerprint density at radius 2 is 2.29 bits per heavy atom. The highest BCUT2D eigenvalue weighted by Crippen LogP contribution is 2.54. The fourth-order valence-corrected chi connectivity index (χ4v) is 3.98. The maximum atomic E-state index is 10.2. The molecule has 0 amide bonds. The first-order chi connectivity index (χ1) is 6.55. The average molecular weight is 194 g/mol. The Morgan fingerprint density at radius 3 is 3.00 bits per heavy atom. The van der Waals surface area contributed by atoms with E-state index in [9.17, 15) is 5.11 Å². The molecule has 0 radical (unpaired) electrons. The highest BCUT2D eigenvalue weighted by Gasteiger charge is 2.46. The average Bonchev–Trinajstić information content (AvgIpc) is 2.00. The molecule has 2 fully saturated rings. The number of rotatable bonds is 2. The van der Waals surface area contributed by atoms with Crippen LogP contribution >= 0.6 is 0 Å². The fraction of sp³-hybridized carbons (Fsp3) is 0.846. The van der Waals surface area contributed by atoms with E-state index < -0.39 is 5.60 Å². The second-order valence-electron chi connectivity index (χ2n) is 5.83. The van der Waals surface area contributed by atoms with Crippen LogP contribution in [0.2, 0.25) is 0 Å². The van der Waals surface area contributed by atoms with E-state index >= 15 is 0 Å². The molecule has 80 valence electrons. The monoisotopic (exact) mass is 194 g/mol. The van der Waals surface area contributed by atoms with Gasteiger partial charge in [0.1, 0.15) is 0 Å². The summed E-state index contributed by atoms with van der Waals surface area (Å²) in [7, 11) is 0. The minimum Gasteiger partial charge on any atom is -0.390 e. The number of hydrogen-bond acceptors (Lipinski definition) is 1. The molecule has 0 aromatic rings. The van der Waals surface area contributed by atoms with Crippen molar-refractivity contribution in [1.82, 2.24) is 0 Å². The SMILES string of the molecule is C=CCC12CCCC(CC(C)(O)C1)C2. The fourth-order valence-electron chi connectivity index (χ4n) is 3.98. The molecule has 0 aromatic carbocycles. The van der Waals surface area contributed by atoms with E-state index in [1.807, 2.05) is 13.0 Å². The van der Waals surface area contributed by atoms with Crippen molar-refractivity contribution in [2.75, 3.05) is 0 Å². The summed E-state index contributed by atoms with van der Waals surface area (Å²) in [5.41, 5.74) is -0.0151. The lowest BCUT2D eigenvalue weighted by molar-refractivity contribution is -0.0787. The van der Waals surface area contributed by atoms with Gasteiger partial charge in [-0.2, -0.15) is 0 Å². The third-order valence-electron chi connectivity index (χ3n) is 4.10. The van der Waals surface area contributed by atoms with Crippen LogP contribution < -0.4 is 0 Å². The molecule has 1 heteroatoms. The largest absolute Gasteiger partial charge is 0.390 e. The van der Waals surface area contributed by atoms with Crippen LogP contribution in [0.5, 0.6) is 0 Å². The van der Waals surface area contributed by atoms with Gasteiger partial charge in [-0.05, 0) is 50.4 Å². The molecular formula is C13H22O. The van der Waals surface area contributed by atoms with Gasteiger partial charge in [-0.1, -0.05) is 18.9 Å². The van der Waals surface area contributed by atoms with Crippen molar-refractivity contribution in [2.45, 2.75) is 57.5 Å². The van der Waals surface area contributed by atoms with Gasteiger partial charge < -0.3 is 5.11 Å². The van der Waals surface area contributed by atoms with Gasteiger partial charge >= 0.3 is 0 Å². The van der Waals surface area contributed by atoms with Gasteiger partial charge in [-0.25, -0.2) is 0 Å². The molecular weight excluding hydrogens is 172 g/mol. The molecule has 2 rings (SSSR count). The Balaban J connectivity index is 2.17. The molecule has 2 aliphatic rings. The van der Waals surface area contributed by atoms with E-state index in [1.165, 1.54) is 25.7 Å². The van der Waals surface area contributed by atoms with E-state index in [2.05, 4.69) is 6.58 Å². The third-order valence-corrected chi connectivity index (χ3v) is 4.10. The Hall–Kier alpha value is -0.300. The Bertz CT molecular complexity index is 231. The molecule has 14 heavy (non-hydrogen) atoms. The van der Waals surface area contributed by atoms with E-state index in [-0.39, 0.29) is 0 Å². The number of hydrogen-bond donors (Lipinski definition) is 1. The topological polar surface area (TPSA) is 20.2 Å². The summed E-state index contributed by atoms with van der Waals surface area (Å²) in [5, 5.41) is 10.2. The summed E-state index contributed by atoms with van der Waals surface area (Å²) in [6.45, 7) is 5.88. The maximum absolute atomic E-state index is 10.2. The molecule has 0 aliphatic heterocycles. The molecule has 3 unspecified atom stereocenters. The van der Waals surface area contributed by atoms with Crippen molar-refractivity contribution < 1.29 is 5.11 Å². The van der Waals surface area contributed by atoms with Crippen molar-refractivity contribution in [2.24, 2.45) is 11.3 Å². The zero-order valence-electron chi connectivity index (χ0n) is 9.26. The first-order valence-corrected chi connectivity index (χ1v) is 5.89. The minimum atomic E-state index is -0.410. The summed E-state index contributed by atoms with van der Waals surface area (Å²) in [6.07, 6.45) is 10.5. The molecule has 0 spiro atoms. The first-order valence-electron chi connectivity index (χ1n) is 5.89. The highest BCUT2D eigenvalue weighted by molar-refractivity contribution is 5.00. The van der Waals surface area contributed by atoms with Gasteiger partial charge in [0.05, 0.1) is 5.60 Å². The summed E-state index contributed by atoms with van der Waals surface area (Å²) < 4.78 is 0. The summed E-state index contributed by atoms with van der Waals surface area (Å²) >= 11 is 0. The lowest BCUT2D eigenvalue weighted by atomic mass is 9.57. The van der Waals surface area contributed by atoms with Crippen molar-refractivity contribution in [3.05, 3.63) is 12.7 Å². The standard InChI is InChI=1S/C13H22O/c1-3-6-13-7-4-5-11(9-13)8-12(2,14)10-13/h3,11,14H,1,4-10H2,2H3. The van der Waals surface area contributed by atoms with E-state index in [4.69, 9.17) is 0 Å². The zero-order chi connectivity index (χ0) is 10.2. The Labute approximate surface area is 87.2 Å². The number of fused-ring (bicyclic) bond motifs is 2. The van der Waals surface area contributed by atoms with Crippen LogP contribution in [0.4, 0.5) is 0 Å². The molecule has 1 N–H and O–H groups in total. The van der Waals surface area contributed by atoms with Crippen LogP contribution in [0, 0.1) is 11.3 Å². The van der Waals surface area contributed by atoms with Crippen LogP contribution in [0.25, 0.3) is 0 Å².